The topological polar surface area (TPSA) is 50.1 Å². The maximum absolute atomic E-state index is 6.27. The minimum atomic E-state index is 0.289. The molecule has 1 heterocycles. The molecule has 4 atom stereocenters. The molecular formula is C13H18ClN3. The van der Waals surface area contributed by atoms with Crippen LogP contribution in [0.4, 0.5) is 0 Å². The highest BCUT2D eigenvalue weighted by Crippen LogP contribution is 2.37. The molecule has 1 saturated carbocycles. The SMILES string of the molecule is NC1CCCC2NNC(c3ccc(Cl)cc3)C12. The van der Waals surface area contributed by atoms with Gasteiger partial charge in [0.15, 0.2) is 0 Å². The highest BCUT2D eigenvalue weighted by Gasteiger charge is 2.42. The summed E-state index contributed by atoms with van der Waals surface area (Å²) in [6.07, 6.45) is 3.58. The molecule has 2 fully saturated rings. The molecule has 0 radical (unpaired) electrons. The molecule has 1 saturated heterocycles. The summed E-state index contributed by atoms with van der Waals surface area (Å²) in [5.74, 6) is 0.491. The molecule has 1 aromatic carbocycles. The van der Waals surface area contributed by atoms with E-state index in [-0.39, 0.29) is 6.04 Å². The summed E-state index contributed by atoms with van der Waals surface area (Å²) >= 11 is 5.92. The first kappa shape index (κ1) is 11.5. The number of rotatable bonds is 1. The molecule has 2 aliphatic rings. The van der Waals surface area contributed by atoms with Gasteiger partial charge < -0.3 is 5.73 Å². The molecule has 4 unspecified atom stereocenters. The molecule has 0 amide bonds. The lowest BCUT2D eigenvalue weighted by atomic mass is 9.76. The second kappa shape index (κ2) is 4.58. The van der Waals surface area contributed by atoms with Gasteiger partial charge >= 0.3 is 0 Å². The highest BCUT2D eigenvalue weighted by molar-refractivity contribution is 6.30. The Kier molecular flexibility index (Phi) is 3.09. The monoisotopic (exact) mass is 251 g/mol. The van der Waals surface area contributed by atoms with Crippen LogP contribution in [0.3, 0.4) is 0 Å². The largest absolute Gasteiger partial charge is 0.327 e. The number of hydrogen-bond acceptors (Lipinski definition) is 3. The molecule has 0 spiro atoms. The van der Waals surface area contributed by atoms with Gasteiger partial charge in [-0.15, -0.1) is 0 Å². The summed E-state index contributed by atoms with van der Waals surface area (Å²) in [4.78, 5) is 0. The lowest BCUT2D eigenvalue weighted by molar-refractivity contribution is 0.265. The van der Waals surface area contributed by atoms with Crippen LogP contribution in [-0.2, 0) is 0 Å². The van der Waals surface area contributed by atoms with E-state index in [4.69, 9.17) is 17.3 Å². The van der Waals surface area contributed by atoms with Crippen LogP contribution in [-0.4, -0.2) is 12.1 Å². The molecule has 0 bridgehead atoms. The average molecular weight is 252 g/mol. The smallest absolute Gasteiger partial charge is 0.0520 e. The maximum atomic E-state index is 6.27. The predicted molar refractivity (Wildman–Crippen MR) is 69.6 cm³/mol. The van der Waals surface area contributed by atoms with E-state index >= 15 is 0 Å². The summed E-state index contributed by atoms with van der Waals surface area (Å²) in [5, 5.41) is 0.782. The van der Waals surface area contributed by atoms with Crippen LogP contribution < -0.4 is 16.6 Å². The third-order valence-corrected chi connectivity index (χ3v) is 4.30. The first-order valence-corrected chi connectivity index (χ1v) is 6.65. The fraction of sp³-hybridized carbons (Fsp3) is 0.538. The van der Waals surface area contributed by atoms with Crippen molar-refractivity contribution in [3.63, 3.8) is 0 Å². The number of nitrogens with two attached hydrogens (primary N) is 1. The van der Waals surface area contributed by atoms with Gasteiger partial charge in [0, 0.05) is 23.0 Å². The van der Waals surface area contributed by atoms with Crippen LogP contribution in [0.2, 0.25) is 5.02 Å². The second-order valence-electron chi connectivity index (χ2n) is 5.10. The Labute approximate surface area is 107 Å². The van der Waals surface area contributed by atoms with Gasteiger partial charge in [0.1, 0.15) is 0 Å². The van der Waals surface area contributed by atoms with Crippen LogP contribution in [0, 0.1) is 5.92 Å². The zero-order valence-corrected chi connectivity index (χ0v) is 10.5. The van der Waals surface area contributed by atoms with Crippen molar-refractivity contribution >= 4 is 11.6 Å². The van der Waals surface area contributed by atoms with E-state index in [1.54, 1.807) is 0 Å². The van der Waals surface area contributed by atoms with E-state index in [0.717, 1.165) is 11.4 Å². The van der Waals surface area contributed by atoms with Gasteiger partial charge in [-0.3, -0.25) is 5.43 Å². The van der Waals surface area contributed by atoms with Crippen molar-refractivity contribution in [2.75, 3.05) is 0 Å². The minimum Gasteiger partial charge on any atom is -0.327 e. The Hall–Kier alpha value is -0.610. The Morgan fingerprint density at radius 3 is 2.65 bits per heavy atom. The molecular weight excluding hydrogens is 234 g/mol. The lowest BCUT2D eigenvalue weighted by Gasteiger charge is -2.33. The summed E-state index contributed by atoms with van der Waals surface area (Å²) in [6.45, 7) is 0. The van der Waals surface area contributed by atoms with Crippen LogP contribution in [0.1, 0.15) is 30.9 Å². The third-order valence-electron chi connectivity index (χ3n) is 4.05. The van der Waals surface area contributed by atoms with E-state index in [9.17, 15) is 0 Å². The number of hydrogen-bond donors (Lipinski definition) is 3. The molecule has 1 aliphatic carbocycles. The molecule has 1 aromatic rings. The van der Waals surface area contributed by atoms with Gasteiger partial charge in [-0.2, -0.15) is 0 Å². The molecule has 92 valence electrons. The fourth-order valence-corrected chi connectivity index (χ4v) is 3.30. The zero-order valence-electron chi connectivity index (χ0n) is 9.70. The normalized spacial score (nSPS) is 36.8. The summed E-state index contributed by atoms with van der Waals surface area (Å²) in [5.41, 5.74) is 14.3. The van der Waals surface area contributed by atoms with Gasteiger partial charge in [0.05, 0.1) is 6.04 Å². The molecule has 4 N–H and O–H groups in total. The number of halogens is 1. The van der Waals surface area contributed by atoms with Gasteiger partial charge in [0.25, 0.3) is 0 Å². The number of hydrazine groups is 1. The van der Waals surface area contributed by atoms with Crippen molar-refractivity contribution in [1.29, 1.82) is 0 Å². The number of fused-ring (bicyclic) bond motifs is 1. The Morgan fingerprint density at radius 2 is 1.88 bits per heavy atom. The molecule has 4 heteroatoms. The second-order valence-corrected chi connectivity index (χ2v) is 5.53. The minimum absolute atomic E-state index is 0.289. The van der Waals surface area contributed by atoms with Crippen molar-refractivity contribution in [3.05, 3.63) is 34.9 Å². The molecule has 0 aromatic heterocycles. The zero-order chi connectivity index (χ0) is 11.8. The quantitative estimate of drug-likeness (QED) is 0.716. The third kappa shape index (κ3) is 2.08. The maximum Gasteiger partial charge on any atom is 0.0520 e. The summed E-state index contributed by atoms with van der Waals surface area (Å²) < 4.78 is 0. The predicted octanol–water partition coefficient (Wildman–Crippen LogP) is 1.98. The number of nitrogens with one attached hydrogen (secondary N) is 2. The van der Waals surface area contributed by atoms with E-state index in [0.29, 0.717) is 18.0 Å². The lowest BCUT2D eigenvalue weighted by Crippen LogP contribution is -2.43. The summed E-state index contributed by atoms with van der Waals surface area (Å²) in [7, 11) is 0. The van der Waals surface area contributed by atoms with Gasteiger partial charge in [-0.05, 0) is 30.5 Å². The number of benzene rings is 1. The Morgan fingerprint density at radius 1 is 1.12 bits per heavy atom. The van der Waals surface area contributed by atoms with E-state index < -0.39 is 0 Å². The van der Waals surface area contributed by atoms with Crippen LogP contribution in [0.25, 0.3) is 0 Å². The van der Waals surface area contributed by atoms with Crippen molar-refractivity contribution in [1.82, 2.24) is 10.9 Å². The summed E-state index contributed by atoms with van der Waals surface area (Å²) in [6, 6.07) is 9.18. The van der Waals surface area contributed by atoms with Crippen molar-refractivity contribution in [2.45, 2.75) is 37.4 Å². The Bertz CT molecular complexity index is 392. The highest BCUT2D eigenvalue weighted by atomic mass is 35.5. The van der Waals surface area contributed by atoms with Gasteiger partial charge in [0.2, 0.25) is 0 Å². The van der Waals surface area contributed by atoms with Gasteiger partial charge in [-0.1, -0.05) is 30.2 Å². The van der Waals surface area contributed by atoms with E-state index in [1.807, 2.05) is 12.1 Å². The van der Waals surface area contributed by atoms with Crippen LogP contribution in [0.15, 0.2) is 24.3 Å². The molecule has 17 heavy (non-hydrogen) atoms. The van der Waals surface area contributed by atoms with Crippen molar-refractivity contribution in [2.24, 2.45) is 11.7 Å². The molecule has 3 nitrogen and oxygen atoms in total. The van der Waals surface area contributed by atoms with Gasteiger partial charge in [-0.25, -0.2) is 5.43 Å². The average Bonchev–Trinajstić information content (AvgIpc) is 2.75. The first-order chi connectivity index (χ1) is 8.25. The van der Waals surface area contributed by atoms with Crippen LogP contribution in [0.5, 0.6) is 0 Å². The fourth-order valence-electron chi connectivity index (χ4n) is 3.17. The van der Waals surface area contributed by atoms with Crippen molar-refractivity contribution < 1.29 is 0 Å². The molecule has 1 aliphatic heterocycles. The van der Waals surface area contributed by atoms with E-state index in [1.165, 1.54) is 18.4 Å². The first-order valence-electron chi connectivity index (χ1n) is 6.28. The standard InChI is InChI=1S/C13H18ClN3/c14-9-6-4-8(5-7-9)13-12-10(15)2-1-3-11(12)16-17-13/h4-7,10-13,16-17H,1-3,15H2. The molecule has 3 rings (SSSR count). The van der Waals surface area contributed by atoms with Crippen LogP contribution >= 0.6 is 11.6 Å². The van der Waals surface area contributed by atoms with E-state index in [2.05, 4.69) is 23.0 Å². The van der Waals surface area contributed by atoms with Crippen molar-refractivity contribution in [3.8, 4) is 0 Å². The Balaban J connectivity index is 1.86.